The predicted molar refractivity (Wildman–Crippen MR) is 66.7 cm³/mol. The van der Waals surface area contributed by atoms with Crippen LogP contribution in [0.4, 0.5) is 0 Å². The molecule has 1 atom stereocenters. The van der Waals surface area contributed by atoms with Crippen molar-refractivity contribution in [2.45, 2.75) is 25.8 Å². The third kappa shape index (κ3) is 2.06. The summed E-state index contributed by atoms with van der Waals surface area (Å²) in [7, 11) is 0. The minimum absolute atomic E-state index is 0.00552. The molecule has 16 heavy (non-hydrogen) atoms. The molecule has 88 valence electrons. The van der Waals surface area contributed by atoms with E-state index in [1.54, 1.807) is 18.7 Å². The number of H-pyrrole nitrogens is 1. The summed E-state index contributed by atoms with van der Waals surface area (Å²) in [6.07, 6.45) is 1.93. The van der Waals surface area contributed by atoms with Crippen molar-refractivity contribution in [3.8, 4) is 0 Å². The van der Waals surface area contributed by atoms with Gasteiger partial charge in [0.2, 0.25) is 0 Å². The monoisotopic (exact) mass is 260 g/mol. The summed E-state index contributed by atoms with van der Waals surface area (Å²) in [6.45, 7) is 1.63. The first kappa shape index (κ1) is 11.8. The molecule has 2 rings (SSSR count). The number of aromatic amines is 1. The van der Waals surface area contributed by atoms with Gasteiger partial charge in [0.15, 0.2) is 0 Å². The maximum Gasteiger partial charge on any atom is 0.329 e. The molecular formula is C10H13ClN2O2S. The van der Waals surface area contributed by atoms with Gasteiger partial charge in [-0.25, -0.2) is 4.79 Å². The lowest BCUT2D eigenvalue weighted by atomic mass is 10.2. The van der Waals surface area contributed by atoms with Crippen molar-refractivity contribution >= 4 is 23.4 Å². The number of nitrogens with zero attached hydrogens (tertiary/aromatic N) is 1. The number of halogens is 1. The van der Waals surface area contributed by atoms with E-state index in [1.165, 1.54) is 4.57 Å². The molecule has 1 aliphatic rings. The Balaban J connectivity index is 2.51. The van der Waals surface area contributed by atoms with Gasteiger partial charge in [-0.05, 0) is 25.5 Å². The summed E-state index contributed by atoms with van der Waals surface area (Å²) in [5, 5.41) is 0.148. The highest BCUT2D eigenvalue weighted by molar-refractivity contribution is 7.99. The summed E-state index contributed by atoms with van der Waals surface area (Å²) in [6, 6.07) is 0.00552. The predicted octanol–water partition coefficient (Wildman–Crippen LogP) is 1.57. The third-order valence-corrected chi connectivity index (χ3v) is 4.38. The van der Waals surface area contributed by atoms with Gasteiger partial charge in [-0.2, -0.15) is 11.8 Å². The highest BCUT2D eigenvalue weighted by atomic mass is 35.5. The van der Waals surface area contributed by atoms with E-state index in [9.17, 15) is 9.59 Å². The van der Waals surface area contributed by atoms with Crippen LogP contribution in [0.25, 0.3) is 0 Å². The Labute approximate surface area is 102 Å². The zero-order chi connectivity index (χ0) is 11.7. The van der Waals surface area contributed by atoms with Gasteiger partial charge in [-0.1, -0.05) is 11.6 Å². The Morgan fingerprint density at radius 1 is 1.50 bits per heavy atom. The molecule has 1 fully saturated rings. The van der Waals surface area contributed by atoms with Crippen LogP contribution in [0.3, 0.4) is 0 Å². The average molecular weight is 261 g/mol. The number of aromatic nitrogens is 2. The van der Waals surface area contributed by atoms with Crippen molar-refractivity contribution in [1.29, 1.82) is 0 Å². The fourth-order valence-electron chi connectivity index (χ4n) is 1.87. The van der Waals surface area contributed by atoms with E-state index in [0.717, 1.165) is 24.3 Å². The van der Waals surface area contributed by atoms with Crippen molar-refractivity contribution in [1.82, 2.24) is 9.55 Å². The van der Waals surface area contributed by atoms with Crippen LogP contribution in [0.1, 0.15) is 24.4 Å². The number of nitrogens with one attached hydrogen (secondary N) is 1. The van der Waals surface area contributed by atoms with E-state index in [-0.39, 0.29) is 16.8 Å². The quantitative estimate of drug-likeness (QED) is 0.780. The topological polar surface area (TPSA) is 54.9 Å². The molecule has 1 aromatic heterocycles. The van der Waals surface area contributed by atoms with Crippen LogP contribution in [-0.4, -0.2) is 21.1 Å². The largest absolute Gasteiger partial charge is 0.329 e. The Hall–Kier alpha value is -0.680. The van der Waals surface area contributed by atoms with Crippen LogP contribution >= 0.6 is 23.4 Å². The molecule has 0 aromatic carbocycles. The second kappa shape index (κ2) is 4.67. The fraction of sp³-hybridized carbons (Fsp3) is 0.600. The van der Waals surface area contributed by atoms with Gasteiger partial charge in [-0.3, -0.25) is 14.3 Å². The molecule has 0 radical (unpaired) electrons. The Morgan fingerprint density at radius 3 is 2.88 bits per heavy atom. The van der Waals surface area contributed by atoms with E-state index in [0.29, 0.717) is 5.56 Å². The Bertz CT molecular complexity index is 503. The molecule has 4 nitrogen and oxygen atoms in total. The Kier molecular flexibility index (Phi) is 3.44. The van der Waals surface area contributed by atoms with Crippen LogP contribution in [-0.2, 0) is 0 Å². The Morgan fingerprint density at radius 2 is 2.25 bits per heavy atom. The maximum absolute atomic E-state index is 12.0. The van der Waals surface area contributed by atoms with Crippen molar-refractivity contribution in [3.63, 3.8) is 0 Å². The molecule has 1 N–H and O–H groups in total. The number of rotatable bonds is 1. The number of hydrogen-bond acceptors (Lipinski definition) is 3. The van der Waals surface area contributed by atoms with Gasteiger partial charge in [-0.15, -0.1) is 0 Å². The van der Waals surface area contributed by atoms with E-state index in [2.05, 4.69) is 4.98 Å². The first-order valence-corrected chi connectivity index (χ1v) is 6.73. The summed E-state index contributed by atoms with van der Waals surface area (Å²) in [5.41, 5.74) is -0.244. The molecule has 6 heteroatoms. The highest BCUT2D eigenvalue weighted by Crippen LogP contribution is 2.24. The van der Waals surface area contributed by atoms with Gasteiger partial charge in [0.05, 0.1) is 6.04 Å². The molecule has 1 saturated heterocycles. The van der Waals surface area contributed by atoms with Gasteiger partial charge in [0, 0.05) is 11.3 Å². The average Bonchev–Trinajstić information content (AvgIpc) is 2.28. The molecule has 2 heterocycles. The molecule has 1 unspecified atom stereocenters. The molecule has 0 aliphatic carbocycles. The summed E-state index contributed by atoms with van der Waals surface area (Å²) in [4.78, 5) is 26.2. The third-order valence-electron chi connectivity index (χ3n) is 2.81. The lowest BCUT2D eigenvalue weighted by Crippen LogP contribution is -2.41. The summed E-state index contributed by atoms with van der Waals surface area (Å²) >= 11 is 7.54. The van der Waals surface area contributed by atoms with Gasteiger partial charge in [0.25, 0.3) is 5.56 Å². The zero-order valence-corrected chi connectivity index (χ0v) is 10.5. The molecule has 1 aromatic rings. The molecule has 0 amide bonds. The van der Waals surface area contributed by atoms with Crippen LogP contribution in [0.15, 0.2) is 9.59 Å². The first-order valence-electron chi connectivity index (χ1n) is 5.20. The number of hydrogen-bond donors (Lipinski definition) is 1. The van der Waals surface area contributed by atoms with Crippen molar-refractivity contribution in [3.05, 3.63) is 31.6 Å². The highest BCUT2D eigenvalue weighted by Gasteiger charge is 2.20. The van der Waals surface area contributed by atoms with Crippen LogP contribution < -0.4 is 11.2 Å². The maximum atomic E-state index is 12.0. The normalized spacial score (nSPS) is 21.0. The van der Waals surface area contributed by atoms with Crippen LogP contribution in [0, 0.1) is 6.92 Å². The minimum atomic E-state index is -0.395. The van der Waals surface area contributed by atoms with Crippen LogP contribution in [0.2, 0.25) is 5.15 Å². The second-order valence-corrected chi connectivity index (χ2v) is 5.44. The van der Waals surface area contributed by atoms with Gasteiger partial charge < -0.3 is 0 Å². The minimum Gasteiger partial charge on any atom is -0.297 e. The van der Waals surface area contributed by atoms with E-state index in [1.807, 2.05) is 0 Å². The molecule has 0 saturated carbocycles. The first-order chi connectivity index (χ1) is 7.61. The van der Waals surface area contributed by atoms with Crippen molar-refractivity contribution in [2.75, 3.05) is 11.5 Å². The SMILES string of the molecule is Cc1c(Cl)[nH]c(=O)n(C2CCCSC2)c1=O. The molecular weight excluding hydrogens is 248 g/mol. The van der Waals surface area contributed by atoms with E-state index in [4.69, 9.17) is 11.6 Å². The van der Waals surface area contributed by atoms with Crippen LogP contribution in [0.5, 0.6) is 0 Å². The summed E-state index contributed by atoms with van der Waals surface area (Å²) < 4.78 is 1.31. The lowest BCUT2D eigenvalue weighted by Gasteiger charge is -2.22. The smallest absolute Gasteiger partial charge is 0.297 e. The number of thioether (sulfide) groups is 1. The molecule has 0 spiro atoms. The van der Waals surface area contributed by atoms with E-state index >= 15 is 0 Å². The standard InChI is InChI=1S/C10H13ClN2O2S/c1-6-8(11)12-10(15)13(9(6)14)7-3-2-4-16-5-7/h7H,2-5H2,1H3,(H,12,15). The van der Waals surface area contributed by atoms with Gasteiger partial charge >= 0.3 is 5.69 Å². The molecule has 0 bridgehead atoms. The fourth-order valence-corrected chi connectivity index (χ4v) is 3.16. The lowest BCUT2D eigenvalue weighted by molar-refractivity contribution is 0.463. The van der Waals surface area contributed by atoms with Gasteiger partial charge in [0.1, 0.15) is 5.15 Å². The van der Waals surface area contributed by atoms with E-state index < -0.39 is 5.69 Å². The zero-order valence-electron chi connectivity index (χ0n) is 8.96. The van der Waals surface area contributed by atoms with Crippen molar-refractivity contribution in [2.24, 2.45) is 0 Å². The summed E-state index contributed by atoms with van der Waals surface area (Å²) in [5.74, 6) is 1.93. The second-order valence-electron chi connectivity index (χ2n) is 3.92. The van der Waals surface area contributed by atoms with Crippen molar-refractivity contribution < 1.29 is 0 Å². The molecule has 1 aliphatic heterocycles.